The van der Waals surface area contributed by atoms with Crippen LogP contribution in [0.5, 0.6) is 5.75 Å². The number of carbonyl (C=O) groups is 1. The van der Waals surface area contributed by atoms with Crippen LogP contribution >= 0.6 is 0 Å². The van der Waals surface area contributed by atoms with Gasteiger partial charge in [0, 0.05) is 32.2 Å². The molecular formula is C15H24N4O2. The molecule has 21 heavy (non-hydrogen) atoms. The highest BCUT2D eigenvalue weighted by Gasteiger charge is 2.05. The molecule has 0 unspecified atom stereocenters. The molecule has 0 aliphatic carbocycles. The van der Waals surface area contributed by atoms with Gasteiger partial charge in [-0.25, -0.2) is 0 Å². The van der Waals surface area contributed by atoms with Crippen molar-refractivity contribution in [3.63, 3.8) is 0 Å². The molecular weight excluding hydrogens is 268 g/mol. The number of hydrogen-bond donors (Lipinski definition) is 3. The van der Waals surface area contributed by atoms with Crippen molar-refractivity contribution in [3.8, 4) is 5.75 Å². The molecule has 0 radical (unpaired) electrons. The minimum absolute atomic E-state index is 0.118. The van der Waals surface area contributed by atoms with Gasteiger partial charge in [-0.2, -0.15) is 0 Å². The molecule has 0 aromatic heterocycles. The second-order valence-electron chi connectivity index (χ2n) is 4.41. The van der Waals surface area contributed by atoms with Crippen LogP contribution in [0.2, 0.25) is 0 Å². The van der Waals surface area contributed by atoms with Gasteiger partial charge >= 0.3 is 0 Å². The highest BCUT2D eigenvalue weighted by atomic mass is 16.5. The summed E-state index contributed by atoms with van der Waals surface area (Å²) in [5.41, 5.74) is 0.586. The standard InChI is InChI=1S/C15H24N4O2/c1-4-8-18-15(16-2)19-10-9-17-14(20)12-6-5-7-13(11-12)21-3/h5-7,11H,4,8-10H2,1-3H3,(H,17,20)(H2,16,18,19). The summed E-state index contributed by atoms with van der Waals surface area (Å²) in [5, 5.41) is 9.14. The van der Waals surface area contributed by atoms with Crippen LogP contribution in [-0.2, 0) is 0 Å². The van der Waals surface area contributed by atoms with Crippen molar-refractivity contribution in [3.05, 3.63) is 29.8 Å². The molecule has 116 valence electrons. The molecule has 6 heteroatoms. The van der Waals surface area contributed by atoms with E-state index in [1.165, 1.54) is 0 Å². The quantitative estimate of drug-likeness (QED) is 0.398. The Morgan fingerprint density at radius 1 is 1.19 bits per heavy atom. The number of carbonyl (C=O) groups excluding carboxylic acids is 1. The molecule has 1 aromatic carbocycles. The van der Waals surface area contributed by atoms with Crippen molar-refractivity contribution < 1.29 is 9.53 Å². The fourth-order valence-corrected chi connectivity index (χ4v) is 1.69. The summed E-state index contributed by atoms with van der Waals surface area (Å²) in [6.07, 6.45) is 1.03. The Hall–Kier alpha value is -2.24. The SMILES string of the molecule is CCCNC(=NC)NCCNC(=O)c1cccc(OC)c1. The minimum atomic E-state index is -0.118. The zero-order valence-corrected chi connectivity index (χ0v) is 12.9. The lowest BCUT2D eigenvalue weighted by Gasteiger charge is -2.11. The first kappa shape index (κ1) is 16.8. The molecule has 1 amide bonds. The first-order chi connectivity index (χ1) is 10.2. The molecule has 0 bridgehead atoms. The predicted molar refractivity (Wildman–Crippen MR) is 85.0 cm³/mol. The number of aliphatic imine (C=N–C) groups is 1. The molecule has 1 aromatic rings. The Kier molecular flexibility index (Phi) is 7.71. The van der Waals surface area contributed by atoms with Gasteiger partial charge in [-0.15, -0.1) is 0 Å². The number of amides is 1. The summed E-state index contributed by atoms with van der Waals surface area (Å²) in [7, 11) is 3.30. The largest absolute Gasteiger partial charge is 0.497 e. The molecule has 0 aliphatic rings. The maximum atomic E-state index is 12.0. The molecule has 0 saturated carbocycles. The molecule has 0 aliphatic heterocycles. The van der Waals surface area contributed by atoms with Gasteiger partial charge in [0.25, 0.3) is 5.91 Å². The van der Waals surface area contributed by atoms with E-state index in [-0.39, 0.29) is 5.91 Å². The van der Waals surface area contributed by atoms with Crippen LogP contribution in [-0.4, -0.2) is 45.7 Å². The monoisotopic (exact) mass is 292 g/mol. The van der Waals surface area contributed by atoms with Crippen LogP contribution in [0, 0.1) is 0 Å². The van der Waals surface area contributed by atoms with E-state index in [4.69, 9.17) is 4.74 Å². The minimum Gasteiger partial charge on any atom is -0.497 e. The second kappa shape index (κ2) is 9.63. The fraction of sp³-hybridized carbons (Fsp3) is 0.467. The molecule has 0 atom stereocenters. The van der Waals surface area contributed by atoms with E-state index in [9.17, 15) is 4.79 Å². The average molecular weight is 292 g/mol. The van der Waals surface area contributed by atoms with Gasteiger partial charge in [0.05, 0.1) is 7.11 Å². The summed E-state index contributed by atoms with van der Waals surface area (Å²) in [6.45, 7) is 4.09. The fourth-order valence-electron chi connectivity index (χ4n) is 1.69. The predicted octanol–water partition coefficient (Wildman–Crippen LogP) is 1.00. The van der Waals surface area contributed by atoms with Crippen molar-refractivity contribution >= 4 is 11.9 Å². The summed E-state index contributed by atoms with van der Waals surface area (Å²) < 4.78 is 5.10. The number of ether oxygens (including phenoxy) is 1. The topological polar surface area (TPSA) is 74.8 Å². The van der Waals surface area contributed by atoms with Gasteiger partial charge in [-0.3, -0.25) is 9.79 Å². The van der Waals surface area contributed by atoms with Crippen molar-refractivity contribution in [1.29, 1.82) is 0 Å². The number of hydrogen-bond acceptors (Lipinski definition) is 3. The Morgan fingerprint density at radius 2 is 1.90 bits per heavy atom. The third-order valence-corrected chi connectivity index (χ3v) is 2.80. The van der Waals surface area contributed by atoms with Gasteiger partial charge in [0.2, 0.25) is 0 Å². The Labute approximate surface area is 126 Å². The molecule has 0 heterocycles. The van der Waals surface area contributed by atoms with Crippen LogP contribution < -0.4 is 20.7 Å². The van der Waals surface area contributed by atoms with Gasteiger partial charge in [0.15, 0.2) is 5.96 Å². The van der Waals surface area contributed by atoms with E-state index in [0.717, 1.165) is 18.9 Å². The van der Waals surface area contributed by atoms with Crippen LogP contribution in [0.15, 0.2) is 29.3 Å². The van der Waals surface area contributed by atoms with E-state index in [2.05, 4.69) is 27.9 Å². The van der Waals surface area contributed by atoms with Gasteiger partial charge < -0.3 is 20.7 Å². The lowest BCUT2D eigenvalue weighted by atomic mass is 10.2. The van der Waals surface area contributed by atoms with E-state index < -0.39 is 0 Å². The number of rotatable bonds is 7. The molecule has 0 fully saturated rings. The van der Waals surface area contributed by atoms with Gasteiger partial charge in [0.1, 0.15) is 5.75 Å². The first-order valence-corrected chi connectivity index (χ1v) is 7.08. The van der Waals surface area contributed by atoms with E-state index in [0.29, 0.717) is 24.4 Å². The average Bonchev–Trinajstić information content (AvgIpc) is 2.54. The Bertz CT molecular complexity index is 474. The Balaban J connectivity index is 2.33. The number of nitrogens with one attached hydrogen (secondary N) is 3. The van der Waals surface area contributed by atoms with Crippen LogP contribution in [0.3, 0.4) is 0 Å². The normalized spacial score (nSPS) is 10.9. The van der Waals surface area contributed by atoms with Crippen LogP contribution in [0.4, 0.5) is 0 Å². The van der Waals surface area contributed by atoms with Crippen molar-refractivity contribution in [2.45, 2.75) is 13.3 Å². The zero-order chi connectivity index (χ0) is 15.5. The zero-order valence-electron chi connectivity index (χ0n) is 12.9. The van der Waals surface area contributed by atoms with E-state index in [1.807, 2.05) is 6.07 Å². The smallest absolute Gasteiger partial charge is 0.251 e. The first-order valence-electron chi connectivity index (χ1n) is 7.08. The number of benzene rings is 1. The van der Waals surface area contributed by atoms with Gasteiger partial charge in [-0.05, 0) is 24.6 Å². The van der Waals surface area contributed by atoms with E-state index in [1.54, 1.807) is 32.4 Å². The maximum absolute atomic E-state index is 12.0. The number of nitrogens with zero attached hydrogens (tertiary/aromatic N) is 1. The maximum Gasteiger partial charge on any atom is 0.251 e. The van der Waals surface area contributed by atoms with Crippen molar-refractivity contribution in [1.82, 2.24) is 16.0 Å². The molecule has 1 rings (SSSR count). The van der Waals surface area contributed by atoms with Crippen LogP contribution in [0.25, 0.3) is 0 Å². The summed E-state index contributed by atoms with van der Waals surface area (Å²) in [4.78, 5) is 16.0. The lowest BCUT2D eigenvalue weighted by molar-refractivity contribution is 0.0954. The summed E-state index contributed by atoms with van der Waals surface area (Å²) in [6, 6.07) is 7.07. The highest BCUT2D eigenvalue weighted by Crippen LogP contribution is 2.11. The molecule has 3 N–H and O–H groups in total. The van der Waals surface area contributed by atoms with E-state index >= 15 is 0 Å². The lowest BCUT2D eigenvalue weighted by Crippen LogP contribution is -2.41. The van der Waals surface area contributed by atoms with Gasteiger partial charge in [-0.1, -0.05) is 13.0 Å². The van der Waals surface area contributed by atoms with Crippen LogP contribution in [0.1, 0.15) is 23.7 Å². The third kappa shape index (κ3) is 6.16. The second-order valence-corrected chi connectivity index (χ2v) is 4.41. The highest BCUT2D eigenvalue weighted by molar-refractivity contribution is 5.94. The Morgan fingerprint density at radius 3 is 2.57 bits per heavy atom. The molecule has 6 nitrogen and oxygen atoms in total. The molecule has 0 saturated heterocycles. The third-order valence-electron chi connectivity index (χ3n) is 2.80. The van der Waals surface area contributed by atoms with Crippen molar-refractivity contribution in [2.75, 3.05) is 33.8 Å². The van der Waals surface area contributed by atoms with Crippen molar-refractivity contribution in [2.24, 2.45) is 4.99 Å². The number of methoxy groups -OCH3 is 1. The molecule has 0 spiro atoms. The number of guanidine groups is 1. The summed E-state index contributed by atoms with van der Waals surface area (Å²) >= 11 is 0. The summed E-state index contributed by atoms with van der Waals surface area (Å²) in [5.74, 6) is 1.30.